The lowest BCUT2D eigenvalue weighted by molar-refractivity contribution is 0.154. The molecule has 4 N–H and O–H groups in total. The van der Waals surface area contributed by atoms with Gasteiger partial charge in [0.15, 0.2) is 0 Å². The summed E-state index contributed by atoms with van der Waals surface area (Å²) in [6.45, 7) is 0.660. The zero-order valence-electron chi connectivity index (χ0n) is 21.0. The number of carbonyl (C=O) groups excluding carboxylic acids is 1. The molecule has 3 aromatic carbocycles. The molecular formula is C29H30N6O3. The van der Waals surface area contributed by atoms with Crippen LogP contribution >= 0.6 is 0 Å². The van der Waals surface area contributed by atoms with E-state index in [0.717, 1.165) is 16.7 Å². The Morgan fingerprint density at radius 2 is 1.42 bits per heavy atom. The van der Waals surface area contributed by atoms with Gasteiger partial charge in [-0.3, -0.25) is 4.68 Å². The van der Waals surface area contributed by atoms with Crippen molar-refractivity contribution in [3.05, 3.63) is 114 Å². The Labute approximate surface area is 221 Å². The van der Waals surface area contributed by atoms with E-state index in [-0.39, 0.29) is 12.6 Å². The number of hydrogen-bond donors (Lipinski definition) is 4. The summed E-state index contributed by atoms with van der Waals surface area (Å²) in [5.74, 6) is 0.621. The van der Waals surface area contributed by atoms with Gasteiger partial charge in [-0.1, -0.05) is 91.0 Å². The highest BCUT2D eigenvalue weighted by atomic mass is 16.4. The topological polar surface area (TPSA) is 112 Å². The zero-order valence-corrected chi connectivity index (χ0v) is 21.0. The van der Waals surface area contributed by atoms with Crippen molar-refractivity contribution >= 4 is 23.6 Å². The van der Waals surface area contributed by atoms with Gasteiger partial charge in [-0.05, 0) is 23.1 Å². The minimum absolute atomic E-state index is 0.253. The quantitative estimate of drug-likeness (QED) is 0.269. The second-order valence-corrected chi connectivity index (χ2v) is 9.32. The second kappa shape index (κ2) is 10.7. The predicted molar refractivity (Wildman–Crippen MR) is 146 cm³/mol. The first-order valence-corrected chi connectivity index (χ1v) is 12.5. The van der Waals surface area contributed by atoms with Crippen LogP contribution in [0.25, 0.3) is 0 Å². The number of aryl methyl sites for hydroxylation is 1. The summed E-state index contributed by atoms with van der Waals surface area (Å²) in [5.41, 5.74) is 2.78. The van der Waals surface area contributed by atoms with Crippen LogP contribution in [0, 0.1) is 0 Å². The van der Waals surface area contributed by atoms with Gasteiger partial charge in [0.25, 0.3) is 0 Å². The molecule has 0 unspecified atom stereocenters. The number of nitrogens with zero attached hydrogens (tertiary/aromatic N) is 3. The molecule has 5 rings (SSSR count). The zero-order chi connectivity index (χ0) is 26.5. The van der Waals surface area contributed by atoms with Crippen LogP contribution in [0.15, 0.2) is 97.2 Å². The molecule has 194 valence electrons. The van der Waals surface area contributed by atoms with E-state index in [1.165, 1.54) is 4.90 Å². The Morgan fingerprint density at radius 3 is 1.89 bits per heavy atom. The molecule has 4 aromatic rings. The maximum atomic E-state index is 12.9. The van der Waals surface area contributed by atoms with Crippen LogP contribution in [0.1, 0.15) is 23.1 Å². The van der Waals surface area contributed by atoms with E-state index in [9.17, 15) is 14.7 Å². The highest BCUT2D eigenvalue weighted by molar-refractivity contribution is 5.92. The van der Waals surface area contributed by atoms with Gasteiger partial charge in [-0.25, -0.2) is 9.59 Å². The molecule has 0 radical (unpaired) electrons. The third kappa shape index (κ3) is 4.90. The molecule has 2 heterocycles. The Kier molecular flexibility index (Phi) is 6.99. The maximum Gasteiger partial charge on any atom is 0.407 e. The highest BCUT2D eigenvalue weighted by Gasteiger charge is 2.38. The van der Waals surface area contributed by atoms with Crippen molar-refractivity contribution in [2.45, 2.75) is 18.0 Å². The molecule has 1 aliphatic rings. The van der Waals surface area contributed by atoms with Crippen LogP contribution in [0.2, 0.25) is 0 Å². The van der Waals surface area contributed by atoms with E-state index in [0.29, 0.717) is 24.5 Å². The van der Waals surface area contributed by atoms with Crippen LogP contribution in [-0.2, 0) is 12.6 Å². The van der Waals surface area contributed by atoms with Gasteiger partial charge in [0.1, 0.15) is 17.0 Å². The first-order valence-electron chi connectivity index (χ1n) is 12.5. The maximum absolute atomic E-state index is 12.9. The largest absolute Gasteiger partial charge is 0.465 e. The number of likely N-dealkylation sites (tertiary alicyclic amines) is 1. The first kappa shape index (κ1) is 24.9. The van der Waals surface area contributed by atoms with Gasteiger partial charge in [0, 0.05) is 26.2 Å². The normalized spacial score (nSPS) is 15.2. The second-order valence-electron chi connectivity index (χ2n) is 9.32. The van der Waals surface area contributed by atoms with Crippen molar-refractivity contribution in [1.29, 1.82) is 0 Å². The Bertz CT molecular complexity index is 1300. The van der Waals surface area contributed by atoms with Gasteiger partial charge in [-0.15, -0.1) is 0 Å². The highest BCUT2D eigenvalue weighted by Crippen LogP contribution is 2.41. The number of rotatable bonds is 7. The van der Waals surface area contributed by atoms with Crippen LogP contribution in [-0.4, -0.2) is 51.0 Å². The average Bonchev–Trinajstić information content (AvgIpc) is 3.55. The smallest absolute Gasteiger partial charge is 0.407 e. The molecular weight excluding hydrogens is 480 g/mol. The molecule has 0 aliphatic carbocycles. The van der Waals surface area contributed by atoms with E-state index in [1.54, 1.807) is 10.9 Å². The molecule has 0 spiro atoms. The molecule has 1 saturated heterocycles. The lowest BCUT2D eigenvalue weighted by atomic mass is 9.77. The van der Waals surface area contributed by atoms with Gasteiger partial charge in [-0.2, -0.15) is 5.10 Å². The third-order valence-electron chi connectivity index (χ3n) is 6.91. The van der Waals surface area contributed by atoms with Crippen molar-refractivity contribution in [3.8, 4) is 0 Å². The summed E-state index contributed by atoms with van der Waals surface area (Å²) < 4.78 is 1.70. The number of anilines is 2. The molecule has 0 saturated carbocycles. The van der Waals surface area contributed by atoms with Gasteiger partial charge in [0.05, 0.1) is 6.20 Å². The molecule has 1 atom stereocenters. The minimum Gasteiger partial charge on any atom is -0.465 e. The monoisotopic (exact) mass is 510 g/mol. The van der Waals surface area contributed by atoms with Gasteiger partial charge in [0.2, 0.25) is 0 Å². The number of benzene rings is 3. The number of hydrogen-bond acceptors (Lipinski definition) is 4. The standard InChI is InChI=1S/C29H30N6O3/c1-34-26(25(19-30-34)32-27(36)31-24-17-18-35(20-24)28(37)38)33-29(21-11-5-2-6-12-21,22-13-7-3-8-14-22)23-15-9-4-10-16-23/h2-16,19,24,33H,17-18,20H2,1H3,(H,37,38)(H2,31,32,36)/t24-/m0/s1. The fourth-order valence-corrected chi connectivity index (χ4v) is 5.03. The van der Waals surface area contributed by atoms with Crippen LogP contribution < -0.4 is 16.0 Å². The fraction of sp³-hybridized carbons (Fsp3) is 0.207. The number of amides is 3. The fourth-order valence-electron chi connectivity index (χ4n) is 5.03. The summed E-state index contributed by atoms with van der Waals surface area (Å²) in [5, 5.41) is 23.2. The van der Waals surface area contributed by atoms with E-state index in [4.69, 9.17) is 0 Å². The van der Waals surface area contributed by atoms with E-state index < -0.39 is 17.7 Å². The molecule has 0 bridgehead atoms. The molecule has 9 heteroatoms. The molecule has 1 fully saturated rings. The Hall–Kier alpha value is -4.79. The predicted octanol–water partition coefficient (Wildman–Crippen LogP) is 4.70. The summed E-state index contributed by atoms with van der Waals surface area (Å²) in [4.78, 5) is 25.5. The Morgan fingerprint density at radius 1 is 0.895 bits per heavy atom. The van der Waals surface area contributed by atoms with Crippen molar-refractivity contribution in [2.24, 2.45) is 7.05 Å². The van der Waals surface area contributed by atoms with Crippen molar-refractivity contribution < 1.29 is 14.7 Å². The molecule has 1 aliphatic heterocycles. The Balaban J connectivity index is 1.51. The van der Waals surface area contributed by atoms with Crippen molar-refractivity contribution in [3.63, 3.8) is 0 Å². The first-order chi connectivity index (χ1) is 18.5. The third-order valence-corrected chi connectivity index (χ3v) is 6.91. The van der Waals surface area contributed by atoms with Crippen LogP contribution in [0.5, 0.6) is 0 Å². The molecule has 9 nitrogen and oxygen atoms in total. The molecule has 1 aromatic heterocycles. The number of carbonyl (C=O) groups is 2. The number of aromatic nitrogens is 2. The lowest BCUT2D eigenvalue weighted by Crippen LogP contribution is -2.41. The summed E-state index contributed by atoms with van der Waals surface area (Å²) >= 11 is 0. The molecule has 3 amide bonds. The van der Waals surface area contributed by atoms with Crippen LogP contribution in [0.3, 0.4) is 0 Å². The minimum atomic E-state index is -0.979. The lowest BCUT2D eigenvalue weighted by Gasteiger charge is -2.38. The van der Waals surface area contributed by atoms with E-state index in [2.05, 4.69) is 57.4 Å². The van der Waals surface area contributed by atoms with E-state index >= 15 is 0 Å². The molecule has 38 heavy (non-hydrogen) atoms. The number of nitrogens with one attached hydrogen (secondary N) is 3. The van der Waals surface area contributed by atoms with Gasteiger partial charge >= 0.3 is 12.1 Å². The van der Waals surface area contributed by atoms with Crippen molar-refractivity contribution in [1.82, 2.24) is 20.0 Å². The summed E-state index contributed by atoms with van der Waals surface area (Å²) in [6.07, 6.45) is 1.19. The summed E-state index contributed by atoms with van der Waals surface area (Å²) in [6, 6.07) is 29.8. The van der Waals surface area contributed by atoms with Gasteiger partial charge < -0.3 is 26.0 Å². The van der Waals surface area contributed by atoms with E-state index in [1.807, 2.05) is 61.6 Å². The van der Waals surface area contributed by atoms with Crippen molar-refractivity contribution in [2.75, 3.05) is 23.7 Å². The summed E-state index contributed by atoms with van der Waals surface area (Å²) in [7, 11) is 1.82. The average molecular weight is 511 g/mol. The number of urea groups is 1. The SMILES string of the molecule is Cn1ncc(NC(=O)N[C@H]2CCN(C(=O)O)C2)c1NC(c1ccccc1)(c1ccccc1)c1ccccc1. The number of carboxylic acid groups (broad SMARTS) is 1. The van der Waals surface area contributed by atoms with Crippen LogP contribution in [0.4, 0.5) is 21.1 Å².